The van der Waals surface area contributed by atoms with Crippen molar-refractivity contribution in [1.82, 2.24) is 0 Å². The molecule has 0 aromatic carbocycles. The van der Waals surface area contributed by atoms with E-state index in [0.29, 0.717) is 19.3 Å². The normalized spacial score (nSPS) is 12.6. The third-order valence-corrected chi connectivity index (χ3v) is 11.0. The molecule has 0 radical (unpaired) electrons. The van der Waals surface area contributed by atoms with E-state index in [1.165, 1.54) is 70.6 Å². The molecule has 0 aliphatic rings. The van der Waals surface area contributed by atoms with E-state index < -0.39 is 6.10 Å². The highest BCUT2D eigenvalue weighted by molar-refractivity contribution is 5.71. The Labute approximate surface area is 382 Å². The topological polar surface area (TPSA) is 78.9 Å². The van der Waals surface area contributed by atoms with Crippen LogP contribution in [-0.2, 0) is 28.6 Å². The van der Waals surface area contributed by atoms with Gasteiger partial charge in [0.2, 0.25) is 0 Å². The van der Waals surface area contributed by atoms with Gasteiger partial charge in [0.1, 0.15) is 13.2 Å². The Morgan fingerprint density at radius 3 is 0.984 bits per heavy atom. The van der Waals surface area contributed by atoms with Gasteiger partial charge in [-0.2, -0.15) is 0 Å². The van der Waals surface area contributed by atoms with Gasteiger partial charge in [-0.25, -0.2) is 0 Å². The Bertz CT molecular complexity index is 1180. The van der Waals surface area contributed by atoms with Gasteiger partial charge in [-0.05, 0) is 83.5 Å². The summed E-state index contributed by atoms with van der Waals surface area (Å²) < 4.78 is 16.8. The molecule has 0 N–H and O–H groups in total. The molecular weight excluding hydrogens is 769 g/mol. The highest BCUT2D eigenvalue weighted by Crippen LogP contribution is 2.15. The first kappa shape index (κ1) is 58.9. The molecule has 0 amide bonds. The number of allylic oxidation sites excluding steroid dienone is 12. The molecule has 0 unspecified atom stereocenters. The number of hydrogen-bond donors (Lipinski definition) is 0. The summed E-state index contributed by atoms with van der Waals surface area (Å²) in [6.07, 6.45) is 63.1. The molecule has 62 heavy (non-hydrogen) atoms. The van der Waals surface area contributed by atoms with Gasteiger partial charge in [-0.15, -0.1) is 0 Å². The largest absolute Gasteiger partial charge is 0.462 e. The van der Waals surface area contributed by atoms with Gasteiger partial charge < -0.3 is 14.2 Å². The van der Waals surface area contributed by atoms with E-state index in [9.17, 15) is 14.4 Å². The second kappa shape index (κ2) is 50.5. The third kappa shape index (κ3) is 47.9. The molecule has 6 heteroatoms. The molecule has 0 aromatic heterocycles. The molecule has 0 fully saturated rings. The van der Waals surface area contributed by atoms with Crippen molar-refractivity contribution in [2.75, 3.05) is 13.2 Å². The third-order valence-electron chi connectivity index (χ3n) is 11.0. The summed E-state index contributed by atoms with van der Waals surface area (Å²) >= 11 is 0. The van der Waals surface area contributed by atoms with Crippen molar-refractivity contribution in [3.8, 4) is 0 Å². The van der Waals surface area contributed by atoms with Crippen molar-refractivity contribution < 1.29 is 28.6 Å². The molecule has 0 spiro atoms. The fraction of sp³-hybridized carbons (Fsp3) is 0.732. The maximum absolute atomic E-state index is 12.8. The SMILES string of the molecule is CC/C=C\C/C=C\C/C=C\CCCCCCCC(=O)OC[C@@H](COC(=O)CCCCCCCCCCCCCCCC)OC(=O)CCCCCCC/C=C\C/C=C\C/C=C\CC. The van der Waals surface area contributed by atoms with Gasteiger partial charge >= 0.3 is 17.9 Å². The zero-order valence-electron chi connectivity index (χ0n) is 40.6. The molecule has 356 valence electrons. The first-order valence-electron chi connectivity index (χ1n) is 25.9. The standard InChI is InChI=1S/C56H96O6/c1-4-7-10-13-16-19-22-25-28-31-34-37-40-43-46-49-55(58)61-52-53(51-60-54(57)48-45-42-39-36-33-30-27-24-21-18-15-12-9-6-3)62-56(59)50-47-44-41-38-35-32-29-26-23-20-17-14-11-8-5-2/h7-8,10-11,16-17,19-20,25-26,28-29,53H,4-6,9,12-15,18,21-24,27,30-52H2,1-3H3/b10-7-,11-8-,19-16-,20-17-,28-25-,29-26-/t53-/m1/s1. The smallest absolute Gasteiger partial charge is 0.306 e. The van der Waals surface area contributed by atoms with E-state index in [4.69, 9.17) is 14.2 Å². The van der Waals surface area contributed by atoms with Crippen molar-refractivity contribution >= 4 is 17.9 Å². The number of esters is 3. The van der Waals surface area contributed by atoms with Crippen molar-refractivity contribution in [2.24, 2.45) is 0 Å². The second-order valence-corrected chi connectivity index (χ2v) is 17.0. The van der Waals surface area contributed by atoms with Crippen molar-refractivity contribution in [1.29, 1.82) is 0 Å². The van der Waals surface area contributed by atoms with E-state index in [1.54, 1.807) is 0 Å². The molecule has 0 aliphatic heterocycles. The van der Waals surface area contributed by atoms with Crippen LogP contribution in [0.1, 0.15) is 245 Å². The van der Waals surface area contributed by atoms with Crippen LogP contribution in [-0.4, -0.2) is 37.2 Å². The van der Waals surface area contributed by atoms with Crippen LogP contribution in [0.4, 0.5) is 0 Å². The highest BCUT2D eigenvalue weighted by atomic mass is 16.6. The lowest BCUT2D eigenvalue weighted by Crippen LogP contribution is -2.30. The lowest BCUT2D eigenvalue weighted by atomic mass is 10.0. The van der Waals surface area contributed by atoms with Gasteiger partial charge in [0.25, 0.3) is 0 Å². The van der Waals surface area contributed by atoms with Gasteiger partial charge in [0.15, 0.2) is 6.10 Å². The minimum absolute atomic E-state index is 0.0866. The predicted octanol–water partition coefficient (Wildman–Crippen LogP) is 17.0. The lowest BCUT2D eigenvalue weighted by molar-refractivity contribution is -0.167. The van der Waals surface area contributed by atoms with Crippen LogP contribution in [0.2, 0.25) is 0 Å². The number of carbonyl (C=O) groups excluding carboxylic acids is 3. The van der Waals surface area contributed by atoms with E-state index >= 15 is 0 Å². The molecule has 0 rings (SSSR count). The van der Waals surface area contributed by atoms with Crippen LogP contribution < -0.4 is 0 Å². The average molecular weight is 865 g/mol. The molecule has 0 heterocycles. The Hall–Kier alpha value is -3.15. The molecule has 0 aromatic rings. The van der Waals surface area contributed by atoms with Gasteiger partial charge in [0.05, 0.1) is 0 Å². The molecule has 1 atom stereocenters. The first-order chi connectivity index (χ1) is 30.5. The summed E-state index contributed by atoms with van der Waals surface area (Å²) in [5.41, 5.74) is 0. The second-order valence-electron chi connectivity index (χ2n) is 17.0. The van der Waals surface area contributed by atoms with Gasteiger partial charge in [0, 0.05) is 19.3 Å². The Kier molecular flexibility index (Phi) is 47.9. The summed E-state index contributed by atoms with van der Waals surface area (Å²) in [7, 11) is 0. The minimum Gasteiger partial charge on any atom is -0.462 e. The summed E-state index contributed by atoms with van der Waals surface area (Å²) in [6, 6.07) is 0. The number of rotatable bonds is 46. The zero-order chi connectivity index (χ0) is 45.1. The van der Waals surface area contributed by atoms with Crippen molar-refractivity contribution in [3.05, 3.63) is 72.9 Å². The fourth-order valence-electron chi connectivity index (χ4n) is 7.12. The van der Waals surface area contributed by atoms with Gasteiger partial charge in [-0.3, -0.25) is 14.4 Å². The maximum atomic E-state index is 12.8. The number of unbranched alkanes of at least 4 members (excludes halogenated alkanes) is 23. The van der Waals surface area contributed by atoms with Crippen molar-refractivity contribution in [3.63, 3.8) is 0 Å². The molecule has 0 saturated carbocycles. The first-order valence-corrected chi connectivity index (χ1v) is 25.9. The summed E-state index contributed by atoms with van der Waals surface area (Å²) in [6.45, 7) is 6.39. The summed E-state index contributed by atoms with van der Waals surface area (Å²) in [5, 5.41) is 0. The van der Waals surface area contributed by atoms with E-state index in [0.717, 1.165) is 135 Å². The average Bonchev–Trinajstić information content (AvgIpc) is 3.27. The summed E-state index contributed by atoms with van der Waals surface area (Å²) in [5.74, 6) is -0.918. The van der Waals surface area contributed by atoms with Crippen LogP contribution in [0, 0.1) is 0 Å². The summed E-state index contributed by atoms with van der Waals surface area (Å²) in [4.78, 5) is 38.0. The quantitative estimate of drug-likeness (QED) is 0.0262. The number of ether oxygens (including phenoxy) is 3. The molecule has 0 saturated heterocycles. The Morgan fingerprint density at radius 1 is 0.339 bits per heavy atom. The molecule has 0 aliphatic carbocycles. The zero-order valence-corrected chi connectivity index (χ0v) is 40.6. The number of carbonyl (C=O) groups is 3. The van der Waals surface area contributed by atoms with Crippen LogP contribution in [0.3, 0.4) is 0 Å². The maximum Gasteiger partial charge on any atom is 0.306 e. The predicted molar refractivity (Wildman–Crippen MR) is 265 cm³/mol. The molecule has 6 nitrogen and oxygen atoms in total. The van der Waals surface area contributed by atoms with E-state index in [-0.39, 0.29) is 31.1 Å². The molecular formula is C56H96O6. The number of hydrogen-bond acceptors (Lipinski definition) is 6. The minimum atomic E-state index is -0.789. The van der Waals surface area contributed by atoms with E-state index in [1.807, 2.05) is 0 Å². The van der Waals surface area contributed by atoms with E-state index in [2.05, 4.69) is 93.7 Å². The molecule has 0 bridgehead atoms. The monoisotopic (exact) mass is 865 g/mol. The Morgan fingerprint density at radius 2 is 0.629 bits per heavy atom. The highest BCUT2D eigenvalue weighted by Gasteiger charge is 2.19. The van der Waals surface area contributed by atoms with Crippen LogP contribution in [0.5, 0.6) is 0 Å². The van der Waals surface area contributed by atoms with Crippen LogP contribution >= 0.6 is 0 Å². The fourth-order valence-corrected chi connectivity index (χ4v) is 7.12. The van der Waals surface area contributed by atoms with Gasteiger partial charge in [-0.1, -0.05) is 216 Å². The lowest BCUT2D eigenvalue weighted by Gasteiger charge is -2.18. The Balaban J connectivity index is 4.43. The van der Waals surface area contributed by atoms with Crippen molar-refractivity contribution in [2.45, 2.75) is 252 Å². The van der Waals surface area contributed by atoms with Crippen LogP contribution in [0.25, 0.3) is 0 Å². The van der Waals surface area contributed by atoms with Crippen LogP contribution in [0.15, 0.2) is 72.9 Å².